The number of para-hydroxylation sites is 4. The van der Waals surface area contributed by atoms with Crippen molar-refractivity contribution in [2.75, 3.05) is 35.6 Å². The molecule has 3 aliphatic heterocycles. The first-order chi connectivity index (χ1) is 38.8. The molecule has 0 amide bonds. The van der Waals surface area contributed by atoms with Crippen molar-refractivity contribution in [1.82, 2.24) is 4.98 Å². The van der Waals surface area contributed by atoms with E-state index >= 15 is 0 Å². The van der Waals surface area contributed by atoms with Crippen LogP contribution in [-0.4, -0.2) is 24.6 Å². The minimum Gasteiger partial charge on any atom is -0.381 e. The first-order valence-corrected chi connectivity index (χ1v) is 27.4. The monoisotopic (exact) mass is 990 g/mol. The quantitative estimate of drug-likeness (QED) is 0.154. The second-order valence-electron chi connectivity index (χ2n) is 21.5. The Balaban J connectivity index is 1.07. The van der Waals surface area contributed by atoms with Gasteiger partial charge in [0.25, 0.3) is 0 Å². The zero-order chi connectivity index (χ0) is 50.7. The van der Waals surface area contributed by atoms with Gasteiger partial charge in [0.2, 0.25) is 0 Å². The Kier molecular flexibility index (Phi) is 8.53. The summed E-state index contributed by atoms with van der Waals surface area (Å²) in [5.74, 6) is 0. The van der Waals surface area contributed by atoms with E-state index in [1.54, 1.807) is 0 Å². The highest BCUT2D eigenvalue weighted by Gasteiger charge is 2.30. The van der Waals surface area contributed by atoms with E-state index in [1.807, 2.05) is 6.20 Å². The second-order valence-corrected chi connectivity index (χ2v) is 21.5. The summed E-state index contributed by atoms with van der Waals surface area (Å²) in [5.41, 5.74) is 18.1. The fourth-order valence-corrected chi connectivity index (χ4v) is 14.7. The minimum absolute atomic E-state index is 0.784. The van der Waals surface area contributed by atoms with E-state index in [2.05, 4.69) is 234 Å². The van der Waals surface area contributed by atoms with Crippen molar-refractivity contribution >= 4 is 143 Å². The summed E-state index contributed by atoms with van der Waals surface area (Å²) in [6.45, 7) is 2.36. The maximum absolute atomic E-state index is 5.16. The lowest BCUT2D eigenvalue weighted by Gasteiger charge is -2.23. The topological polar surface area (TPSA) is 49.0 Å². The lowest BCUT2D eigenvalue weighted by Crippen LogP contribution is -2.07. The number of rotatable bonds is 4. The van der Waals surface area contributed by atoms with Gasteiger partial charge in [0.1, 0.15) is 0 Å². The molecule has 0 spiro atoms. The summed E-state index contributed by atoms with van der Waals surface area (Å²) in [7, 11) is 0. The molecular formula is C74H46N4. The van der Waals surface area contributed by atoms with Gasteiger partial charge in [-0.25, -0.2) is 0 Å². The predicted molar refractivity (Wildman–Crippen MR) is 336 cm³/mol. The van der Waals surface area contributed by atoms with Crippen molar-refractivity contribution in [3.05, 3.63) is 223 Å². The van der Waals surface area contributed by atoms with Crippen LogP contribution in [0.4, 0.5) is 17.1 Å². The van der Waals surface area contributed by atoms with Crippen LogP contribution < -0.4 is 16.0 Å². The molecule has 0 saturated carbocycles. The molecule has 78 heavy (non-hydrogen) atoms. The van der Waals surface area contributed by atoms with Crippen molar-refractivity contribution in [3.63, 3.8) is 0 Å². The molecule has 0 saturated heterocycles. The number of nitrogens with one attached hydrogen (secondary N) is 3. The van der Waals surface area contributed by atoms with Crippen LogP contribution in [0.2, 0.25) is 0 Å². The molecular weight excluding hydrogens is 945 g/mol. The fraction of sp³-hybridized carbons (Fsp3) is 0.0405. The van der Waals surface area contributed by atoms with Gasteiger partial charge in [-0.3, -0.25) is 4.98 Å². The number of pyridine rings is 1. The van der Waals surface area contributed by atoms with Gasteiger partial charge in [0.15, 0.2) is 0 Å². The SMILES string of the molecule is C1=Cc2cccc(-c3c4ccccc4c(-c4cccc5c4NCC=C5)c4c5cc6c(cc7c8c(-c9cccc%10cccnc9%10)c9ccccc9c(-c9cccc%10c9NCC=C%10)c8c8cccc6c87)c6cccc(c34)c65)c2NC1. The van der Waals surface area contributed by atoms with Gasteiger partial charge in [0.05, 0.1) is 5.52 Å². The van der Waals surface area contributed by atoms with E-state index in [4.69, 9.17) is 4.98 Å². The Morgan fingerprint density at radius 2 is 0.641 bits per heavy atom. The molecule has 0 fully saturated rings. The maximum atomic E-state index is 5.16. The van der Waals surface area contributed by atoms with Gasteiger partial charge in [-0.05, 0) is 132 Å². The predicted octanol–water partition coefficient (Wildman–Crippen LogP) is 19.5. The van der Waals surface area contributed by atoms with E-state index in [-0.39, 0.29) is 0 Å². The van der Waals surface area contributed by atoms with Crippen LogP contribution >= 0.6 is 0 Å². The first-order valence-electron chi connectivity index (χ1n) is 27.4. The third-order valence-corrected chi connectivity index (χ3v) is 17.7. The van der Waals surface area contributed by atoms with Gasteiger partial charge in [-0.1, -0.05) is 200 Å². The molecule has 0 radical (unpaired) electrons. The molecule has 18 rings (SSSR count). The van der Waals surface area contributed by atoms with E-state index in [0.717, 1.165) is 36.1 Å². The Morgan fingerprint density at radius 3 is 1.10 bits per heavy atom. The van der Waals surface area contributed by atoms with Crippen molar-refractivity contribution in [3.8, 4) is 44.5 Å². The van der Waals surface area contributed by atoms with E-state index in [1.165, 1.54) is 170 Å². The molecule has 3 aliphatic rings. The number of benzene rings is 12. The van der Waals surface area contributed by atoms with Crippen LogP contribution in [0.3, 0.4) is 0 Å². The lowest BCUT2D eigenvalue weighted by atomic mass is 9.84. The Hall–Kier alpha value is -10.0. The van der Waals surface area contributed by atoms with Crippen molar-refractivity contribution in [1.29, 1.82) is 0 Å². The van der Waals surface area contributed by atoms with Crippen LogP contribution in [0, 0.1) is 0 Å². The molecule has 0 atom stereocenters. The summed E-state index contributed by atoms with van der Waals surface area (Å²) in [6.07, 6.45) is 15.5. The number of fused-ring (bicyclic) bond motifs is 15. The largest absolute Gasteiger partial charge is 0.381 e. The Labute approximate surface area is 449 Å². The molecule has 4 heterocycles. The average molecular weight is 991 g/mol. The van der Waals surface area contributed by atoms with Crippen molar-refractivity contribution in [2.24, 2.45) is 0 Å². The maximum Gasteiger partial charge on any atom is 0.0780 e. The van der Waals surface area contributed by atoms with Crippen LogP contribution in [0.5, 0.6) is 0 Å². The zero-order valence-corrected chi connectivity index (χ0v) is 42.4. The molecule has 1 aromatic heterocycles. The number of aromatic nitrogens is 1. The molecule has 14 aromatic carbocycles. The molecule has 4 heteroatoms. The summed E-state index contributed by atoms with van der Waals surface area (Å²) >= 11 is 0. The van der Waals surface area contributed by atoms with Crippen LogP contribution in [-0.2, 0) is 0 Å². The van der Waals surface area contributed by atoms with Crippen LogP contribution in [0.1, 0.15) is 16.7 Å². The summed E-state index contributed by atoms with van der Waals surface area (Å²) < 4.78 is 0. The molecule has 0 aliphatic carbocycles. The molecule has 3 N–H and O–H groups in total. The first kappa shape index (κ1) is 42.2. The molecule has 0 unspecified atom stereocenters. The van der Waals surface area contributed by atoms with Crippen LogP contribution in [0.25, 0.3) is 171 Å². The highest BCUT2D eigenvalue weighted by molar-refractivity contribution is 6.47. The molecule has 0 bridgehead atoms. The number of hydrogen-bond donors (Lipinski definition) is 3. The third-order valence-electron chi connectivity index (χ3n) is 17.7. The van der Waals surface area contributed by atoms with Gasteiger partial charge in [-0.2, -0.15) is 0 Å². The number of hydrogen-bond acceptors (Lipinski definition) is 4. The van der Waals surface area contributed by atoms with Gasteiger partial charge >= 0.3 is 0 Å². The smallest absolute Gasteiger partial charge is 0.0780 e. The van der Waals surface area contributed by atoms with Crippen LogP contribution in [0.15, 0.2) is 206 Å². The van der Waals surface area contributed by atoms with Crippen molar-refractivity contribution < 1.29 is 0 Å². The van der Waals surface area contributed by atoms with Gasteiger partial charge < -0.3 is 16.0 Å². The zero-order valence-electron chi connectivity index (χ0n) is 42.4. The second kappa shape index (κ2) is 15.8. The number of nitrogens with zero attached hydrogens (tertiary/aromatic N) is 1. The summed E-state index contributed by atoms with van der Waals surface area (Å²) in [5, 5.41) is 35.5. The highest BCUT2D eigenvalue weighted by Crippen LogP contribution is 2.58. The van der Waals surface area contributed by atoms with Gasteiger partial charge in [0, 0.05) is 92.8 Å². The molecule has 362 valence electrons. The molecule has 4 nitrogen and oxygen atoms in total. The summed E-state index contributed by atoms with van der Waals surface area (Å²) in [4.78, 5) is 5.16. The highest BCUT2D eigenvalue weighted by atomic mass is 14.9. The minimum atomic E-state index is 0.784. The summed E-state index contributed by atoms with van der Waals surface area (Å²) in [6, 6.07) is 69.1. The normalized spacial score (nSPS) is 13.9. The lowest BCUT2D eigenvalue weighted by molar-refractivity contribution is 1.31. The average Bonchev–Trinajstić information content (AvgIpc) is 4.19. The Bertz CT molecular complexity index is 5260. The fourth-order valence-electron chi connectivity index (χ4n) is 14.7. The van der Waals surface area contributed by atoms with Crippen molar-refractivity contribution in [2.45, 2.75) is 0 Å². The number of anilines is 3. The standard InChI is InChI=1S/C74H46N4/c1-3-25-47-45(23-1)63(53-31-5-15-41-19-11-35-75-71(41)53)67-51-29-9-27-49-58-40-60-62-50(57(58)39-59(61(49)51)69(67)65(47)55-33-7-17-43-21-13-37-77-73(43)55)28-10-30-52(62)68-64(54-32-6-16-42-20-12-36-76-72(42)54)46-24-2-4-26-48(46)66(70(60)68)56-34-8-18-44-22-14-38-78-74(44)56/h1-34,37,39-40,75-76,78H,35-36,38H2. The third kappa shape index (κ3) is 5.55. The Morgan fingerprint density at radius 1 is 0.282 bits per heavy atom. The van der Waals surface area contributed by atoms with E-state index in [0.29, 0.717) is 0 Å². The van der Waals surface area contributed by atoms with Gasteiger partial charge in [-0.15, -0.1) is 0 Å². The van der Waals surface area contributed by atoms with E-state index < -0.39 is 0 Å². The molecule has 15 aromatic rings. The van der Waals surface area contributed by atoms with E-state index in [9.17, 15) is 0 Å².